The van der Waals surface area contributed by atoms with E-state index >= 15 is 0 Å². The maximum Gasteiger partial charge on any atom is 0.226 e. The van der Waals surface area contributed by atoms with Gasteiger partial charge in [-0.3, -0.25) is 4.79 Å². The molecule has 4 heteroatoms. The van der Waals surface area contributed by atoms with E-state index in [1.54, 1.807) is 0 Å². The molecular weight excluding hydrogens is 342 g/mol. The second kappa shape index (κ2) is 8.17. The lowest BCUT2D eigenvalue weighted by Crippen LogP contribution is -2.34. The predicted molar refractivity (Wildman–Crippen MR) is 106 cm³/mol. The van der Waals surface area contributed by atoms with Crippen LogP contribution in [0.3, 0.4) is 0 Å². The highest BCUT2D eigenvalue weighted by atomic mass is 32.2. The maximum absolute atomic E-state index is 12.9. The summed E-state index contributed by atoms with van der Waals surface area (Å²) in [5, 5.41) is 0.128. The third-order valence-corrected chi connectivity index (χ3v) is 6.53. The van der Waals surface area contributed by atoms with Crippen molar-refractivity contribution in [2.24, 2.45) is 5.92 Å². The van der Waals surface area contributed by atoms with Gasteiger partial charge in [0.25, 0.3) is 0 Å². The van der Waals surface area contributed by atoms with Crippen LogP contribution >= 0.6 is 11.8 Å². The molecule has 1 saturated heterocycles. The molecule has 1 aliphatic heterocycles. The Morgan fingerprint density at radius 3 is 2.69 bits per heavy atom. The highest BCUT2D eigenvalue weighted by Gasteiger charge is 2.35. The van der Waals surface area contributed by atoms with Crippen LogP contribution in [0.5, 0.6) is 5.75 Å². The zero-order valence-electron chi connectivity index (χ0n) is 15.0. The van der Waals surface area contributed by atoms with Crippen molar-refractivity contribution in [3.05, 3.63) is 65.7 Å². The van der Waals surface area contributed by atoms with E-state index in [0.29, 0.717) is 12.5 Å². The molecule has 2 aromatic rings. The molecule has 1 amide bonds. The van der Waals surface area contributed by atoms with Gasteiger partial charge in [0.15, 0.2) is 0 Å². The van der Waals surface area contributed by atoms with E-state index in [9.17, 15) is 4.79 Å². The smallest absolute Gasteiger partial charge is 0.226 e. The molecule has 0 radical (unpaired) electrons. The Kier molecular flexibility index (Phi) is 5.49. The van der Waals surface area contributed by atoms with Crippen molar-refractivity contribution in [1.29, 1.82) is 0 Å². The Morgan fingerprint density at radius 1 is 1.08 bits per heavy atom. The van der Waals surface area contributed by atoms with Crippen molar-refractivity contribution in [3.63, 3.8) is 0 Å². The first-order valence-corrected chi connectivity index (χ1v) is 10.5. The van der Waals surface area contributed by atoms with Crippen LogP contribution in [0.1, 0.15) is 42.2 Å². The number of rotatable bonds is 5. The Balaban J connectivity index is 1.45. The Labute approximate surface area is 159 Å². The van der Waals surface area contributed by atoms with Crippen LogP contribution < -0.4 is 4.74 Å². The lowest BCUT2D eigenvalue weighted by molar-refractivity contribution is -0.135. The minimum Gasteiger partial charge on any atom is -0.489 e. The molecule has 1 unspecified atom stereocenters. The summed E-state index contributed by atoms with van der Waals surface area (Å²) >= 11 is 1.86. The molecule has 26 heavy (non-hydrogen) atoms. The van der Waals surface area contributed by atoms with E-state index in [1.165, 1.54) is 18.4 Å². The van der Waals surface area contributed by atoms with Crippen molar-refractivity contribution < 1.29 is 9.53 Å². The van der Waals surface area contributed by atoms with Crippen LogP contribution in [-0.2, 0) is 11.4 Å². The van der Waals surface area contributed by atoms with Crippen molar-refractivity contribution >= 4 is 17.7 Å². The van der Waals surface area contributed by atoms with E-state index in [-0.39, 0.29) is 11.3 Å². The number of amides is 1. The SMILES string of the molecule is O=C(C1CCCC1)N1CCSC1c1cccc(OCc2ccccc2)c1. The van der Waals surface area contributed by atoms with Crippen LogP contribution in [0, 0.1) is 5.92 Å². The van der Waals surface area contributed by atoms with Gasteiger partial charge in [-0.15, -0.1) is 11.8 Å². The second-order valence-electron chi connectivity index (χ2n) is 7.08. The summed E-state index contributed by atoms with van der Waals surface area (Å²) in [6.07, 6.45) is 4.52. The first-order chi connectivity index (χ1) is 12.8. The number of benzene rings is 2. The molecule has 1 atom stereocenters. The number of thioether (sulfide) groups is 1. The first-order valence-electron chi connectivity index (χ1n) is 9.50. The standard InChI is InChI=1S/C22H25NO2S/c24-21(18-9-4-5-10-18)23-13-14-26-22(23)19-11-6-12-20(15-19)25-16-17-7-2-1-3-8-17/h1-3,6-8,11-12,15,18,22H,4-5,9-10,13-14,16H2. The van der Waals surface area contributed by atoms with Crippen molar-refractivity contribution in [2.75, 3.05) is 12.3 Å². The zero-order valence-corrected chi connectivity index (χ0v) is 15.8. The van der Waals surface area contributed by atoms with Crippen molar-refractivity contribution in [1.82, 2.24) is 4.90 Å². The molecule has 4 rings (SSSR count). The molecule has 2 aromatic carbocycles. The summed E-state index contributed by atoms with van der Waals surface area (Å²) in [4.78, 5) is 15.0. The summed E-state index contributed by atoms with van der Waals surface area (Å²) in [5.74, 6) is 2.48. The van der Waals surface area contributed by atoms with Crippen molar-refractivity contribution in [3.8, 4) is 5.75 Å². The van der Waals surface area contributed by atoms with Gasteiger partial charge in [-0.05, 0) is 36.1 Å². The van der Waals surface area contributed by atoms with E-state index in [4.69, 9.17) is 4.74 Å². The fraction of sp³-hybridized carbons (Fsp3) is 0.409. The Morgan fingerprint density at radius 2 is 1.88 bits per heavy atom. The molecule has 2 aliphatic rings. The van der Waals surface area contributed by atoms with Crippen LogP contribution in [0.25, 0.3) is 0 Å². The van der Waals surface area contributed by atoms with Crippen LogP contribution in [0.4, 0.5) is 0 Å². The minimum absolute atomic E-state index is 0.128. The van der Waals surface area contributed by atoms with E-state index < -0.39 is 0 Å². The fourth-order valence-electron chi connectivity index (χ4n) is 3.88. The lowest BCUT2D eigenvalue weighted by atomic mass is 10.1. The molecule has 0 spiro atoms. The predicted octanol–water partition coefficient (Wildman–Crippen LogP) is 5.03. The number of carbonyl (C=O) groups is 1. The van der Waals surface area contributed by atoms with E-state index in [0.717, 1.165) is 36.5 Å². The van der Waals surface area contributed by atoms with E-state index in [1.807, 2.05) is 42.1 Å². The molecule has 0 aromatic heterocycles. The molecule has 1 heterocycles. The number of nitrogens with zero attached hydrogens (tertiary/aromatic N) is 1. The van der Waals surface area contributed by atoms with Gasteiger partial charge in [0.1, 0.15) is 17.7 Å². The normalized spacial score (nSPS) is 20.5. The summed E-state index contributed by atoms with van der Waals surface area (Å²) in [7, 11) is 0. The van der Waals surface area contributed by atoms with Crippen LogP contribution in [0.15, 0.2) is 54.6 Å². The zero-order chi connectivity index (χ0) is 17.8. The monoisotopic (exact) mass is 367 g/mol. The summed E-state index contributed by atoms with van der Waals surface area (Å²) in [6.45, 7) is 1.42. The minimum atomic E-state index is 0.128. The van der Waals surface area contributed by atoms with Gasteiger partial charge in [0, 0.05) is 18.2 Å². The van der Waals surface area contributed by atoms with Gasteiger partial charge < -0.3 is 9.64 Å². The molecule has 136 valence electrons. The van der Waals surface area contributed by atoms with Crippen LogP contribution in [-0.4, -0.2) is 23.1 Å². The first kappa shape index (κ1) is 17.5. The lowest BCUT2D eigenvalue weighted by Gasteiger charge is -2.27. The highest BCUT2D eigenvalue weighted by molar-refractivity contribution is 7.99. The summed E-state index contributed by atoms with van der Waals surface area (Å²) in [6, 6.07) is 18.4. The van der Waals surface area contributed by atoms with Crippen LogP contribution in [0.2, 0.25) is 0 Å². The van der Waals surface area contributed by atoms with Gasteiger partial charge in [0.2, 0.25) is 5.91 Å². The molecule has 0 N–H and O–H groups in total. The third-order valence-electron chi connectivity index (χ3n) is 5.27. The molecule has 1 saturated carbocycles. The number of hydrogen-bond donors (Lipinski definition) is 0. The molecule has 2 fully saturated rings. The Hall–Kier alpha value is -1.94. The summed E-state index contributed by atoms with van der Waals surface area (Å²) in [5.41, 5.74) is 2.33. The summed E-state index contributed by atoms with van der Waals surface area (Å²) < 4.78 is 5.98. The van der Waals surface area contributed by atoms with E-state index in [2.05, 4.69) is 29.2 Å². The number of hydrogen-bond acceptors (Lipinski definition) is 3. The van der Waals surface area contributed by atoms with Gasteiger partial charge >= 0.3 is 0 Å². The molecule has 1 aliphatic carbocycles. The molecule has 0 bridgehead atoms. The number of ether oxygens (including phenoxy) is 1. The average molecular weight is 368 g/mol. The molecular formula is C22H25NO2S. The topological polar surface area (TPSA) is 29.5 Å². The Bertz CT molecular complexity index is 743. The van der Waals surface area contributed by atoms with Gasteiger partial charge in [-0.1, -0.05) is 55.3 Å². The third kappa shape index (κ3) is 3.90. The second-order valence-corrected chi connectivity index (χ2v) is 8.27. The quantitative estimate of drug-likeness (QED) is 0.742. The molecule has 3 nitrogen and oxygen atoms in total. The highest BCUT2D eigenvalue weighted by Crippen LogP contribution is 2.41. The maximum atomic E-state index is 12.9. The largest absolute Gasteiger partial charge is 0.489 e. The van der Waals surface area contributed by atoms with Crippen molar-refractivity contribution in [2.45, 2.75) is 37.7 Å². The number of carbonyl (C=O) groups excluding carboxylic acids is 1. The van der Waals surface area contributed by atoms with Gasteiger partial charge in [0.05, 0.1) is 0 Å². The fourth-order valence-corrected chi connectivity index (χ4v) is 5.13. The van der Waals surface area contributed by atoms with Gasteiger partial charge in [-0.2, -0.15) is 0 Å². The average Bonchev–Trinajstić information content (AvgIpc) is 3.39. The van der Waals surface area contributed by atoms with Gasteiger partial charge in [-0.25, -0.2) is 0 Å².